The summed E-state index contributed by atoms with van der Waals surface area (Å²) in [6, 6.07) is 11.6. The molecule has 3 aliphatic heterocycles. The monoisotopic (exact) mass is 900 g/mol. The van der Waals surface area contributed by atoms with Gasteiger partial charge in [-0.15, -0.1) is 0 Å². The van der Waals surface area contributed by atoms with Crippen molar-refractivity contribution < 1.29 is 23.8 Å². The topological polar surface area (TPSA) is 164 Å². The molecule has 64 heavy (non-hydrogen) atoms. The minimum atomic E-state index is -1.29. The number of β-amino-alcohol motifs (C(OH)–C–C–N with tert-alkyl or cyclic N) is 1. The molecule has 6 heterocycles. The van der Waals surface area contributed by atoms with Crippen molar-refractivity contribution >= 4 is 51.8 Å². The number of nitrogens with zero attached hydrogens (tertiary/aromatic N) is 10. The number of aliphatic hydroxyl groups excluding tert-OH is 1. The van der Waals surface area contributed by atoms with Gasteiger partial charge in [0.25, 0.3) is 0 Å². The molecule has 342 valence electrons. The van der Waals surface area contributed by atoms with Gasteiger partial charge < -0.3 is 40.1 Å². The molecule has 0 spiro atoms. The fourth-order valence-corrected chi connectivity index (χ4v) is 9.36. The van der Waals surface area contributed by atoms with E-state index in [1.807, 2.05) is 30.5 Å². The van der Waals surface area contributed by atoms with Crippen molar-refractivity contribution in [3.63, 3.8) is 0 Å². The number of carbonyl (C=O) groups excluding carboxylic acids is 1. The Balaban J connectivity index is 0.771. The molecular weight excluding hydrogens is 842 g/mol. The van der Waals surface area contributed by atoms with Crippen LogP contribution < -0.4 is 20.4 Å². The van der Waals surface area contributed by atoms with Crippen molar-refractivity contribution in [3.05, 3.63) is 77.5 Å². The molecular formula is C46H59ClF2N12O3. The van der Waals surface area contributed by atoms with Crippen LogP contribution in [-0.4, -0.2) is 132 Å². The quantitative estimate of drug-likeness (QED) is 0.0899. The number of hydrogen-bond donors (Lipinski definition) is 4. The van der Waals surface area contributed by atoms with Crippen molar-refractivity contribution in [2.45, 2.75) is 96.1 Å². The number of imidazole rings is 1. The molecule has 3 fully saturated rings. The number of unbranched alkanes of at least 4 members (excludes halogenated alkanes) is 1. The maximum Gasteiger partial charge on any atom is 0.223 e. The Kier molecular flexibility index (Phi) is 13.8. The number of halogens is 3. The van der Waals surface area contributed by atoms with E-state index in [1.165, 1.54) is 18.3 Å². The van der Waals surface area contributed by atoms with Crippen molar-refractivity contribution in [2.24, 2.45) is 0 Å². The number of likely N-dealkylation sites (tertiary alicyclic amines) is 1. The van der Waals surface area contributed by atoms with Crippen LogP contribution in [0.3, 0.4) is 0 Å². The molecule has 15 nitrogen and oxygen atoms in total. The molecule has 2 aromatic carbocycles. The summed E-state index contributed by atoms with van der Waals surface area (Å²) in [6.45, 7) is 13.9. The van der Waals surface area contributed by atoms with Crippen LogP contribution in [-0.2, 0) is 10.4 Å². The van der Waals surface area contributed by atoms with Crippen molar-refractivity contribution in [2.75, 3.05) is 79.3 Å². The van der Waals surface area contributed by atoms with Gasteiger partial charge in [0.05, 0.1) is 34.6 Å². The molecule has 8 rings (SSSR count). The smallest absolute Gasteiger partial charge is 0.223 e. The van der Waals surface area contributed by atoms with Gasteiger partial charge in [0.15, 0.2) is 5.82 Å². The number of aliphatic hydroxyl groups is 2. The Bertz CT molecular complexity index is 2420. The van der Waals surface area contributed by atoms with Crippen LogP contribution in [0.5, 0.6) is 0 Å². The normalized spacial score (nSPS) is 20.0. The summed E-state index contributed by atoms with van der Waals surface area (Å²) in [5, 5.41) is 28.9. The summed E-state index contributed by atoms with van der Waals surface area (Å²) >= 11 is 6.56. The molecule has 0 unspecified atom stereocenters. The van der Waals surface area contributed by atoms with Gasteiger partial charge in [-0.2, -0.15) is 0 Å². The maximum atomic E-state index is 15.6. The van der Waals surface area contributed by atoms with Crippen molar-refractivity contribution in [1.82, 2.24) is 39.3 Å². The second-order valence-electron chi connectivity index (χ2n) is 18.1. The van der Waals surface area contributed by atoms with E-state index in [4.69, 9.17) is 11.6 Å². The maximum absolute atomic E-state index is 15.6. The highest BCUT2D eigenvalue weighted by atomic mass is 35.5. The SMILES string of the molecule is CC(C)n1c(C(C)(C)O)nc2c(F)cc(-c3nc(N[C@@H]4CCN(C(=O)CCCCN5CCN(c6cc(N[C@@H]7CCCN(c8cccc(F)c8)C7)ncn6)CC5)C[C@H]4O)ncc3Cl)cc21. The van der Waals surface area contributed by atoms with Crippen LogP contribution in [0.4, 0.5) is 32.1 Å². The molecule has 1 amide bonds. The molecule has 0 bridgehead atoms. The average Bonchev–Trinajstić information content (AvgIpc) is 3.69. The highest BCUT2D eigenvalue weighted by Gasteiger charge is 2.32. The molecule has 3 aliphatic rings. The Morgan fingerprint density at radius 3 is 2.50 bits per heavy atom. The number of hydrogen-bond acceptors (Lipinski definition) is 13. The number of benzene rings is 2. The van der Waals surface area contributed by atoms with E-state index in [2.05, 4.69) is 50.3 Å². The van der Waals surface area contributed by atoms with Gasteiger partial charge in [-0.1, -0.05) is 17.7 Å². The molecule has 18 heteroatoms. The molecule has 0 saturated carbocycles. The highest BCUT2D eigenvalue weighted by Crippen LogP contribution is 2.35. The van der Waals surface area contributed by atoms with E-state index in [1.54, 1.807) is 43.3 Å². The first-order valence-electron chi connectivity index (χ1n) is 22.5. The van der Waals surface area contributed by atoms with E-state index >= 15 is 4.39 Å². The van der Waals surface area contributed by atoms with Crippen LogP contribution in [0.2, 0.25) is 5.02 Å². The van der Waals surface area contributed by atoms with Crippen LogP contribution in [0, 0.1) is 11.6 Å². The number of amides is 1. The van der Waals surface area contributed by atoms with Gasteiger partial charge in [-0.05, 0) is 96.7 Å². The molecule has 3 atom stereocenters. The number of anilines is 4. The van der Waals surface area contributed by atoms with Gasteiger partial charge in [-0.3, -0.25) is 9.69 Å². The average molecular weight is 902 g/mol. The molecule has 0 radical (unpaired) electrons. The molecule has 0 aliphatic carbocycles. The van der Waals surface area contributed by atoms with Crippen molar-refractivity contribution in [1.29, 1.82) is 0 Å². The summed E-state index contributed by atoms with van der Waals surface area (Å²) in [4.78, 5) is 44.4. The number of piperazine rings is 1. The van der Waals surface area contributed by atoms with Crippen LogP contribution in [0.15, 0.2) is 55.0 Å². The first kappa shape index (κ1) is 45.3. The number of rotatable bonds is 14. The lowest BCUT2D eigenvalue weighted by molar-refractivity contribution is -0.134. The summed E-state index contributed by atoms with van der Waals surface area (Å²) in [6.07, 6.45) is 6.80. The van der Waals surface area contributed by atoms with Gasteiger partial charge in [-0.25, -0.2) is 33.7 Å². The number of carbonyl (C=O) groups is 1. The van der Waals surface area contributed by atoms with Gasteiger partial charge >= 0.3 is 0 Å². The minimum absolute atomic E-state index is 0.0289. The van der Waals surface area contributed by atoms with Crippen LogP contribution in [0.25, 0.3) is 22.3 Å². The third kappa shape index (κ3) is 10.5. The Labute approximate surface area is 377 Å². The van der Waals surface area contributed by atoms with Gasteiger partial charge in [0, 0.05) is 88.2 Å². The number of aromatic nitrogens is 6. The fourth-order valence-electron chi connectivity index (χ4n) is 9.16. The third-order valence-corrected chi connectivity index (χ3v) is 12.8. The third-order valence-electron chi connectivity index (χ3n) is 12.5. The van der Waals surface area contributed by atoms with Crippen LogP contribution in [0.1, 0.15) is 78.1 Å². The molecule has 3 aromatic heterocycles. The fraction of sp³-hybridized carbons (Fsp3) is 0.522. The highest BCUT2D eigenvalue weighted by molar-refractivity contribution is 6.33. The van der Waals surface area contributed by atoms with Crippen LogP contribution >= 0.6 is 11.6 Å². The predicted molar refractivity (Wildman–Crippen MR) is 246 cm³/mol. The molecule has 5 aromatic rings. The molecule has 3 saturated heterocycles. The lowest BCUT2D eigenvalue weighted by Gasteiger charge is -2.37. The first-order valence-corrected chi connectivity index (χ1v) is 22.8. The Morgan fingerprint density at radius 2 is 1.75 bits per heavy atom. The van der Waals surface area contributed by atoms with E-state index in [0.717, 1.165) is 88.8 Å². The first-order chi connectivity index (χ1) is 30.7. The predicted octanol–water partition coefficient (Wildman–Crippen LogP) is 6.47. The zero-order chi connectivity index (χ0) is 45.1. The summed E-state index contributed by atoms with van der Waals surface area (Å²) in [5.74, 6) is 1.51. The zero-order valence-electron chi connectivity index (χ0n) is 37.0. The number of nitrogens with one attached hydrogen (secondary N) is 2. The summed E-state index contributed by atoms with van der Waals surface area (Å²) in [7, 11) is 0. The van der Waals surface area contributed by atoms with Gasteiger partial charge in [0.1, 0.15) is 40.7 Å². The largest absolute Gasteiger partial charge is 0.389 e. The van der Waals surface area contributed by atoms with E-state index in [9.17, 15) is 19.4 Å². The van der Waals surface area contributed by atoms with Gasteiger partial charge in [0.2, 0.25) is 11.9 Å². The lowest BCUT2D eigenvalue weighted by Crippen LogP contribution is -2.51. The lowest BCUT2D eigenvalue weighted by atomic mass is 10.0. The molecule has 4 N–H and O–H groups in total. The van der Waals surface area contributed by atoms with E-state index in [0.29, 0.717) is 42.0 Å². The Morgan fingerprint density at radius 1 is 0.938 bits per heavy atom. The summed E-state index contributed by atoms with van der Waals surface area (Å²) in [5.41, 5.74) is 0.995. The number of piperidine rings is 2. The Hall–Kier alpha value is -5.23. The zero-order valence-corrected chi connectivity index (χ0v) is 37.8. The standard InChI is InChI=1S/C46H59ClF2N12O3/c1-29(2)61-37-22-30(21-35(49)43(37)55-44(61)46(3,4)64)42-34(47)25-50-45(56-42)54-36-13-16-60(27-38(36)62)41(63)12-5-6-14-57-17-19-58(20-18-57)40-24-39(51-28-52-40)53-32-10-8-15-59(26-32)33-11-7-9-31(48)23-33/h7,9,11,21-25,28-29,32,36,38,62,64H,5-6,8,10,12-20,26-27H2,1-4H3,(H,50,54,56)(H,51,52,53)/t32-,36-,38-/m1/s1. The minimum Gasteiger partial charge on any atom is -0.389 e. The second kappa shape index (κ2) is 19.5. The van der Waals surface area contributed by atoms with E-state index in [-0.39, 0.29) is 46.8 Å². The second-order valence-corrected chi connectivity index (χ2v) is 18.5. The van der Waals surface area contributed by atoms with E-state index < -0.39 is 23.6 Å². The van der Waals surface area contributed by atoms with Crippen molar-refractivity contribution in [3.8, 4) is 11.3 Å². The number of fused-ring (bicyclic) bond motifs is 1. The summed E-state index contributed by atoms with van der Waals surface area (Å²) < 4.78 is 31.2.